The standard InChI is InChI=1S/C12H21N3/c1-4-12(15(2)3)10-14-9-11-5-7-13-8-6-11/h5-8,12,14H,4,9-10H2,1-3H3. The van der Waals surface area contributed by atoms with Gasteiger partial charge in [0.25, 0.3) is 0 Å². The zero-order chi connectivity index (χ0) is 11.1. The SMILES string of the molecule is CCC(CNCc1ccncc1)N(C)C. The van der Waals surface area contributed by atoms with Crippen molar-refractivity contribution in [3.63, 3.8) is 0 Å². The monoisotopic (exact) mass is 207 g/mol. The van der Waals surface area contributed by atoms with Gasteiger partial charge in [-0.3, -0.25) is 4.98 Å². The second-order valence-corrected chi connectivity index (χ2v) is 4.01. The lowest BCUT2D eigenvalue weighted by molar-refractivity contribution is 0.276. The maximum Gasteiger partial charge on any atom is 0.0271 e. The number of pyridine rings is 1. The minimum Gasteiger partial charge on any atom is -0.311 e. The molecule has 1 unspecified atom stereocenters. The van der Waals surface area contributed by atoms with E-state index in [0.29, 0.717) is 6.04 Å². The smallest absolute Gasteiger partial charge is 0.0271 e. The lowest BCUT2D eigenvalue weighted by atomic mass is 10.2. The summed E-state index contributed by atoms with van der Waals surface area (Å²) in [7, 11) is 4.25. The number of nitrogens with zero attached hydrogens (tertiary/aromatic N) is 2. The molecule has 0 aliphatic carbocycles. The second kappa shape index (κ2) is 6.53. The molecule has 0 saturated heterocycles. The Morgan fingerprint density at radius 3 is 2.53 bits per heavy atom. The summed E-state index contributed by atoms with van der Waals surface area (Å²) in [5, 5.41) is 3.46. The predicted octanol–water partition coefficient (Wildman–Crippen LogP) is 1.51. The Morgan fingerprint density at radius 1 is 1.33 bits per heavy atom. The van der Waals surface area contributed by atoms with Crippen LogP contribution in [0.5, 0.6) is 0 Å². The van der Waals surface area contributed by atoms with Crippen LogP contribution in [-0.2, 0) is 6.54 Å². The molecule has 0 fully saturated rings. The molecule has 0 radical (unpaired) electrons. The summed E-state index contributed by atoms with van der Waals surface area (Å²) >= 11 is 0. The van der Waals surface area contributed by atoms with Gasteiger partial charge in [-0.15, -0.1) is 0 Å². The minimum absolute atomic E-state index is 0.617. The highest BCUT2D eigenvalue weighted by Gasteiger charge is 2.07. The van der Waals surface area contributed by atoms with E-state index >= 15 is 0 Å². The first kappa shape index (κ1) is 12.1. The van der Waals surface area contributed by atoms with Crippen molar-refractivity contribution in [2.24, 2.45) is 0 Å². The van der Waals surface area contributed by atoms with Crippen LogP contribution < -0.4 is 5.32 Å². The van der Waals surface area contributed by atoms with Crippen molar-refractivity contribution in [3.8, 4) is 0 Å². The highest BCUT2D eigenvalue weighted by molar-refractivity contribution is 5.08. The first-order chi connectivity index (χ1) is 7.24. The third kappa shape index (κ3) is 4.40. The molecule has 1 heterocycles. The number of aromatic nitrogens is 1. The third-order valence-corrected chi connectivity index (χ3v) is 2.66. The van der Waals surface area contributed by atoms with Crippen molar-refractivity contribution < 1.29 is 0 Å². The fourth-order valence-electron chi connectivity index (χ4n) is 1.58. The molecule has 0 spiro atoms. The molecule has 0 aliphatic rings. The van der Waals surface area contributed by atoms with E-state index in [1.165, 1.54) is 12.0 Å². The summed E-state index contributed by atoms with van der Waals surface area (Å²) in [5.74, 6) is 0. The summed E-state index contributed by atoms with van der Waals surface area (Å²) in [6, 6.07) is 4.71. The van der Waals surface area contributed by atoms with Gasteiger partial charge in [0, 0.05) is 31.5 Å². The molecular weight excluding hydrogens is 186 g/mol. The van der Waals surface area contributed by atoms with Crippen molar-refractivity contribution in [3.05, 3.63) is 30.1 Å². The first-order valence-electron chi connectivity index (χ1n) is 5.50. The van der Waals surface area contributed by atoms with E-state index in [2.05, 4.69) is 36.2 Å². The van der Waals surface area contributed by atoms with Crippen molar-refractivity contribution >= 4 is 0 Å². The van der Waals surface area contributed by atoms with Crippen LogP contribution in [0.25, 0.3) is 0 Å². The molecule has 3 nitrogen and oxygen atoms in total. The molecule has 0 amide bonds. The van der Waals surface area contributed by atoms with Gasteiger partial charge in [-0.2, -0.15) is 0 Å². The number of hydrogen-bond donors (Lipinski definition) is 1. The van der Waals surface area contributed by atoms with E-state index in [1.54, 1.807) is 0 Å². The Hall–Kier alpha value is -0.930. The van der Waals surface area contributed by atoms with Crippen LogP contribution in [0.15, 0.2) is 24.5 Å². The maximum atomic E-state index is 4.00. The Kier molecular flexibility index (Phi) is 5.29. The summed E-state index contributed by atoms with van der Waals surface area (Å²) in [4.78, 5) is 6.26. The van der Waals surface area contributed by atoms with Gasteiger partial charge in [0.2, 0.25) is 0 Å². The van der Waals surface area contributed by atoms with Gasteiger partial charge >= 0.3 is 0 Å². The van der Waals surface area contributed by atoms with Crippen LogP contribution in [0.2, 0.25) is 0 Å². The van der Waals surface area contributed by atoms with Gasteiger partial charge in [-0.25, -0.2) is 0 Å². The van der Waals surface area contributed by atoms with Crippen molar-refractivity contribution in [1.82, 2.24) is 15.2 Å². The van der Waals surface area contributed by atoms with Crippen LogP contribution in [0.1, 0.15) is 18.9 Å². The van der Waals surface area contributed by atoms with Crippen LogP contribution in [0.3, 0.4) is 0 Å². The number of likely N-dealkylation sites (N-methyl/N-ethyl adjacent to an activating group) is 1. The van der Waals surface area contributed by atoms with Gasteiger partial charge in [0.15, 0.2) is 0 Å². The van der Waals surface area contributed by atoms with Gasteiger partial charge < -0.3 is 10.2 Å². The van der Waals surface area contributed by atoms with Crippen LogP contribution in [0.4, 0.5) is 0 Å². The normalized spacial score (nSPS) is 13.1. The van der Waals surface area contributed by atoms with Gasteiger partial charge in [0.05, 0.1) is 0 Å². The number of hydrogen-bond acceptors (Lipinski definition) is 3. The van der Waals surface area contributed by atoms with E-state index in [9.17, 15) is 0 Å². The van der Waals surface area contributed by atoms with E-state index in [0.717, 1.165) is 13.1 Å². The molecule has 0 aromatic carbocycles. The predicted molar refractivity (Wildman–Crippen MR) is 63.7 cm³/mol. The average molecular weight is 207 g/mol. The molecular formula is C12H21N3. The maximum absolute atomic E-state index is 4.00. The first-order valence-corrected chi connectivity index (χ1v) is 5.50. The van der Waals surface area contributed by atoms with Gasteiger partial charge in [-0.1, -0.05) is 6.92 Å². The lowest BCUT2D eigenvalue weighted by Crippen LogP contribution is -2.37. The van der Waals surface area contributed by atoms with Crippen LogP contribution in [-0.4, -0.2) is 36.6 Å². The Morgan fingerprint density at radius 2 is 2.00 bits per heavy atom. The van der Waals surface area contributed by atoms with Crippen molar-refractivity contribution in [2.45, 2.75) is 25.9 Å². The quantitative estimate of drug-likeness (QED) is 0.766. The molecule has 1 aromatic rings. The van der Waals surface area contributed by atoms with E-state index < -0.39 is 0 Å². The highest BCUT2D eigenvalue weighted by atomic mass is 15.1. The van der Waals surface area contributed by atoms with E-state index in [4.69, 9.17) is 0 Å². The van der Waals surface area contributed by atoms with E-state index in [1.807, 2.05) is 24.5 Å². The second-order valence-electron chi connectivity index (χ2n) is 4.01. The molecule has 1 rings (SSSR count). The summed E-state index contributed by atoms with van der Waals surface area (Å²) in [5.41, 5.74) is 1.29. The van der Waals surface area contributed by atoms with Gasteiger partial charge in [-0.05, 0) is 38.2 Å². The molecule has 84 valence electrons. The fraction of sp³-hybridized carbons (Fsp3) is 0.583. The third-order valence-electron chi connectivity index (χ3n) is 2.66. The highest BCUT2D eigenvalue weighted by Crippen LogP contribution is 1.99. The lowest BCUT2D eigenvalue weighted by Gasteiger charge is -2.23. The van der Waals surface area contributed by atoms with Gasteiger partial charge in [0.1, 0.15) is 0 Å². The van der Waals surface area contributed by atoms with Crippen molar-refractivity contribution in [2.75, 3.05) is 20.6 Å². The Labute approximate surface area is 92.5 Å². The minimum atomic E-state index is 0.617. The number of rotatable bonds is 6. The molecule has 0 aliphatic heterocycles. The molecule has 1 N–H and O–H groups in total. The molecule has 0 bridgehead atoms. The summed E-state index contributed by atoms with van der Waals surface area (Å²) in [6.45, 7) is 4.18. The average Bonchev–Trinajstić information content (AvgIpc) is 2.25. The van der Waals surface area contributed by atoms with Crippen LogP contribution >= 0.6 is 0 Å². The fourth-order valence-corrected chi connectivity index (χ4v) is 1.58. The molecule has 15 heavy (non-hydrogen) atoms. The van der Waals surface area contributed by atoms with E-state index in [-0.39, 0.29) is 0 Å². The van der Waals surface area contributed by atoms with Crippen molar-refractivity contribution in [1.29, 1.82) is 0 Å². The zero-order valence-electron chi connectivity index (χ0n) is 9.90. The van der Waals surface area contributed by atoms with Crippen LogP contribution in [0, 0.1) is 0 Å². The zero-order valence-corrected chi connectivity index (χ0v) is 9.90. The number of nitrogens with one attached hydrogen (secondary N) is 1. The molecule has 0 saturated carbocycles. The summed E-state index contributed by atoms with van der Waals surface area (Å²) in [6.07, 6.45) is 4.84. The largest absolute Gasteiger partial charge is 0.311 e. The molecule has 1 aromatic heterocycles. The Balaban J connectivity index is 2.27. The Bertz CT molecular complexity index is 259. The topological polar surface area (TPSA) is 28.2 Å². The molecule has 3 heteroatoms. The summed E-state index contributed by atoms with van der Waals surface area (Å²) < 4.78 is 0. The molecule has 1 atom stereocenters.